The molecule has 0 heterocycles. The van der Waals surface area contributed by atoms with Gasteiger partial charge in [0.2, 0.25) is 0 Å². The molecule has 0 amide bonds. The molecule has 0 unspecified atom stereocenters. The van der Waals surface area contributed by atoms with Gasteiger partial charge in [0, 0.05) is 6.61 Å². The van der Waals surface area contributed by atoms with Crippen molar-refractivity contribution in [2.45, 2.75) is 32.1 Å². The van der Waals surface area contributed by atoms with E-state index in [4.69, 9.17) is 9.22 Å². The Hall–Kier alpha value is 0.354. The summed E-state index contributed by atoms with van der Waals surface area (Å²) in [5.74, 6) is 0. The van der Waals surface area contributed by atoms with E-state index in [9.17, 15) is 0 Å². The second-order valence-electron chi connectivity index (χ2n) is 3.02. The van der Waals surface area contributed by atoms with Crippen molar-refractivity contribution in [2.24, 2.45) is 0 Å². The Morgan fingerprint density at radius 2 is 2.10 bits per heavy atom. The Kier molecular flexibility index (Phi) is 5.24. The third-order valence-corrected chi connectivity index (χ3v) is 7.31. The minimum absolute atomic E-state index is 0.238. The van der Waals surface area contributed by atoms with Crippen LogP contribution in [0.5, 0.6) is 0 Å². The predicted octanol–water partition coefficient (Wildman–Crippen LogP) is 0.722. The SMILES string of the molecule is C[SiH2]O[Si](C)(C)CCCO. The van der Waals surface area contributed by atoms with Gasteiger partial charge in [-0.2, -0.15) is 0 Å². The number of hydrogen-bond acceptors (Lipinski definition) is 2. The smallest absolute Gasteiger partial charge is 0.173 e. The molecule has 0 saturated heterocycles. The molecule has 0 aliphatic heterocycles. The summed E-state index contributed by atoms with van der Waals surface area (Å²) in [6.07, 6.45) is 0.910. The van der Waals surface area contributed by atoms with Crippen molar-refractivity contribution < 1.29 is 9.22 Å². The van der Waals surface area contributed by atoms with Gasteiger partial charge in [-0.25, -0.2) is 0 Å². The van der Waals surface area contributed by atoms with Crippen molar-refractivity contribution in [3.63, 3.8) is 0 Å². The molecule has 0 bridgehead atoms. The largest absolute Gasteiger partial charge is 0.461 e. The molecule has 4 heteroatoms. The zero-order valence-electron chi connectivity index (χ0n) is 7.18. The lowest BCUT2D eigenvalue weighted by Crippen LogP contribution is -2.31. The normalized spacial score (nSPS) is 13.2. The van der Waals surface area contributed by atoms with E-state index in [1.807, 2.05) is 0 Å². The molecule has 1 N–H and O–H groups in total. The fraction of sp³-hybridized carbons (Fsp3) is 1.00. The Morgan fingerprint density at radius 1 is 1.50 bits per heavy atom. The van der Waals surface area contributed by atoms with Crippen LogP contribution in [-0.4, -0.2) is 29.8 Å². The Bertz CT molecular complexity index is 85.8. The lowest BCUT2D eigenvalue weighted by Gasteiger charge is -2.21. The van der Waals surface area contributed by atoms with Crippen LogP contribution in [0.3, 0.4) is 0 Å². The molecule has 0 aromatic heterocycles. The third kappa shape index (κ3) is 5.16. The highest BCUT2D eigenvalue weighted by Gasteiger charge is 2.19. The summed E-state index contributed by atoms with van der Waals surface area (Å²) in [5.41, 5.74) is 0. The Morgan fingerprint density at radius 3 is 2.50 bits per heavy atom. The number of aliphatic hydroxyl groups is 1. The molecule has 10 heavy (non-hydrogen) atoms. The summed E-state index contributed by atoms with van der Waals surface area (Å²) in [7, 11) is -1.56. The molecule has 62 valence electrons. The molecule has 0 spiro atoms. The van der Waals surface area contributed by atoms with E-state index in [1.54, 1.807) is 0 Å². The van der Waals surface area contributed by atoms with Gasteiger partial charge in [0.05, 0.1) is 0 Å². The van der Waals surface area contributed by atoms with E-state index >= 15 is 0 Å². The minimum Gasteiger partial charge on any atom is -0.461 e. The van der Waals surface area contributed by atoms with Crippen molar-refractivity contribution in [3.8, 4) is 0 Å². The van der Waals surface area contributed by atoms with Gasteiger partial charge in [-0.1, -0.05) is 6.55 Å². The first-order valence-corrected chi connectivity index (χ1v) is 8.98. The number of rotatable bonds is 5. The van der Waals surface area contributed by atoms with Crippen molar-refractivity contribution >= 4 is 18.1 Å². The van der Waals surface area contributed by atoms with Gasteiger partial charge in [-0.3, -0.25) is 0 Å². The first-order chi connectivity index (χ1) is 4.62. The molecule has 0 fully saturated rings. The molecule has 0 aromatic carbocycles. The van der Waals surface area contributed by atoms with Gasteiger partial charge in [0.25, 0.3) is 0 Å². The molecule has 0 aliphatic rings. The van der Waals surface area contributed by atoms with Crippen LogP contribution < -0.4 is 0 Å². The first kappa shape index (κ1) is 10.4. The fourth-order valence-corrected chi connectivity index (χ4v) is 5.68. The standard InChI is InChI=1S/C6H18O2Si2/c1-9-8-10(2,3)6-4-5-7/h7H,4-6,9H2,1-3H3. The zero-order valence-corrected chi connectivity index (χ0v) is 9.60. The van der Waals surface area contributed by atoms with Crippen LogP contribution in [0.2, 0.25) is 25.7 Å². The van der Waals surface area contributed by atoms with Gasteiger partial charge in [0.15, 0.2) is 8.32 Å². The molecule has 2 nitrogen and oxygen atoms in total. The topological polar surface area (TPSA) is 29.5 Å². The fourth-order valence-electron chi connectivity index (χ4n) is 0.968. The maximum atomic E-state index is 8.58. The Labute approximate surface area is 66.7 Å². The molecular formula is C6H18O2Si2. The van der Waals surface area contributed by atoms with E-state index < -0.39 is 8.32 Å². The highest BCUT2D eigenvalue weighted by atomic mass is 28.4. The van der Waals surface area contributed by atoms with E-state index in [0.717, 1.165) is 12.5 Å². The van der Waals surface area contributed by atoms with Gasteiger partial charge in [-0.15, -0.1) is 0 Å². The van der Waals surface area contributed by atoms with Gasteiger partial charge in [0.1, 0.15) is 9.76 Å². The average molecular weight is 178 g/mol. The second-order valence-corrected chi connectivity index (χ2v) is 8.77. The summed E-state index contributed by atoms with van der Waals surface area (Å²) >= 11 is 0. The van der Waals surface area contributed by atoms with Crippen LogP contribution >= 0.6 is 0 Å². The van der Waals surface area contributed by atoms with Crippen molar-refractivity contribution in [1.29, 1.82) is 0 Å². The lowest BCUT2D eigenvalue weighted by atomic mass is 10.5. The second kappa shape index (κ2) is 5.06. The quantitative estimate of drug-likeness (QED) is 0.629. The van der Waals surface area contributed by atoms with Crippen LogP contribution in [0.1, 0.15) is 6.42 Å². The first-order valence-electron chi connectivity index (χ1n) is 3.87. The average Bonchev–Trinajstić information content (AvgIpc) is 1.84. The maximum absolute atomic E-state index is 8.58. The van der Waals surface area contributed by atoms with Crippen molar-refractivity contribution in [1.82, 2.24) is 0 Å². The monoisotopic (exact) mass is 178 g/mol. The molecule has 0 aliphatic carbocycles. The zero-order chi connectivity index (χ0) is 8.04. The van der Waals surface area contributed by atoms with Crippen molar-refractivity contribution in [3.05, 3.63) is 0 Å². The molecule has 0 aromatic rings. The van der Waals surface area contributed by atoms with Gasteiger partial charge in [-0.05, 0) is 25.6 Å². The van der Waals surface area contributed by atoms with Crippen LogP contribution in [0.15, 0.2) is 0 Å². The molecule has 0 radical (unpaired) electrons. The van der Waals surface area contributed by atoms with Crippen LogP contribution in [0.4, 0.5) is 0 Å². The van der Waals surface area contributed by atoms with Gasteiger partial charge < -0.3 is 9.22 Å². The minimum atomic E-state index is -1.32. The number of hydrogen-bond donors (Lipinski definition) is 1. The predicted molar refractivity (Wildman–Crippen MR) is 49.5 cm³/mol. The van der Waals surface area contributed by atoms with Crippen molar-refractivity contribution in [2.75, 3.05) is 6.61 Å². The Balaban J connectivity index is 3.42. The van der Waals surface area contributed by atoms with E-state index in [2.05, 4.69) is 19.6 Å². The van der Waals surface area contributed by atoms with Gasteiger partial charge >= 0.3 is 0 Å². The summed E-state index contributed by atoms with van der Waals surface area (Å²) in [4.78, 5) is 0. The highest BCUT2D eigenvalue weighted by Crippen LogP contribution is 2.11. The molecule has 0 saturated carbocycles. The van der Waals surface area contributed by atoms with E-state index in [-0.39, 0.29) is 9.76 Å². The molecule has 0 atom stereocenters. The van der Waals surface area contributed by atoms with Crippen LogP contribution in [-0.2, 0) is 4.12 Å². The summed E-state index contributed by atoms with van der Waals surface area (Å²) in [6, 6.07) is 1.10. The highest BCUT2D eigenvalue weighted by molar-refractivity contribution is 6.74. The van der Waals surface area contributed by atoms with Crippen LogP contribution in [0.25, 0.3) is 0 Å². The lowest BCUT2D eigenvalue weighted by molar-refractivity contribution is 0.293. The number of aliphatic hydroxyl groups excluding tert-OH is 1. The molecule has 0 rings (SSSR count). The summed E-state index contributed by atoms with van der Waals surface area (Å²) in [5, 5.41) is 8.58. The molecular weight excluding hydrogens is 160 g/mol. The van der Waals surface area contributed by atoms with Crippen LogP contribution in [0, 0.1) is 0 Å². The van der Waals surface area contributed by atoms with E-state index in [1.165, 1.54) is 0 Å². The summed E-state index contributed by atoms with van der Waals surface area (Å²) in [6.45, 7) is 6.91. The maximum Gasteiger partial charge on any atom is 0.173 e. The van der Waals surface area contributed by atoms with E-state index in [0.29, 0.717) is 6.61 Å². The summed E-state index contributed by atoms with van der Waals surface area (Å²) < 4.78 is 5.70. The third-order valence-electron chi connectivity index (χ3n) is 1.47.